The SMILES string of the molecule is CCOS(=O)(=O)c1ccccc1[C@]1(c2ccc(Cl)c(Cl)c2)CN(C(=O)Cc2cc(C(F)(F)F)cc(C(F)(F)F)c2)CCO1. The number of carbonyl (C=O) groups is 1. The predicted molar refractivity (Wildman–Crippen MR) is 145 cm³/mol. The Morgan fingerprint density at radius 3 is 2.16 bits per heavy atom. The Hall–Kier alpha value is -2.84. The molecular weight excluding hydrogens is 647 g/mol. The molecule has 0 saturated carbocycles. The second kappa shape index (κ2) is 12.3. The molecule has 1 aliphatic rings. The van der Waals surface area contributed by atoms with Gasteiger partial charge in [-0.25, -0.2) is 0 Å². The molecule has 0 spiro atoms. The van der Waals surface area contributed by atoms with Crippen LogP contribution in [0.15, 0.2) is 65.6 Å². The summed E-state index contributed by atoms with van der Waals surface area (Å²) < 4.78 is 118. The molecule has 1 heterocycles. The highest BCUT2D eigenvalue weighted by Gasteiger charge is 2.45. The van der Waals surface area contributed by atoms with E-state index < -0.39 is 57.1 Å². The van der Waals surface area contributed by atoms with Gasteiger partial charge in [0, 0.05) is 12.1 Å². The van der Waals surface area contributed by atoms with Gasteiger partial charge in [-0.1, -0.05) is 47.5 Å². The molecule has 0 aliphatic carbocycles. The highest BCUT2D eigenvalue weighted by molar-refractivity contribution is 7.86. The molecule has 0 bridgehead atoms. The molecule has 3 aromatic carbocycles. The number of halogens is 8. The Morgan fingerprint density at radius 1 is 0.953 bits per heavy atom. The van der Waals surface area contributed by atoms with E-state index in [-0.39, 0.29) is 58.4 Å². The van der Waals surface area contributed by atoms with E-state index >= 15 is 0 Å². The van der Waals surface area contributed by atoms with Crippen LogP contribution in [0.1, 0.15) is 34.7 Å². The monoisotopic (exact) mass is 669 g/mol. The maximum atomic E-state index is 13.5. The maximum Gasteiger partial charge on any atom is 0.416 e. The summed E-state index contributed by atoms with van der Waals surface area (Å²) in [4.78, 5) is 14.4. The Balaban J connectivity index is 1.80. The smallest absolute Gasteiger partial charge is 0.362 e. The van der Waals surface area contributed by atoms with Crippen LogP contribution < -0.4 is 0 Å². The van der Waals surface area contributed by atoms with E-state index in [2.05, 4.69) is 0 Å². The van der Waals surface area contributed by atoms with Gasteiger partial charge in [0.05, 0.1) is 47.4 Å². The molecule has 6 nitrogen and oxygen atoms in total. The van der Waals surface area contributed by atoms with Crippen molar-refractivity contribution in [1.82, 2.24) is 4.90 Å². The largest absolute Gasteiger partial charge is 0.416 e. The van der Waals surface area contributed by atoms with E-state index in [9.17, 15) is 39.6 Å². The third kappa shape index (κ3) is 7.12. The molecule has 4 rings (SSSR count). The lowest BCUT2D eigenvalue weighted by molar-refractivity contribution is -0.147. The molecule has 1 aliphatic heterocycles. The van der Waals surface area contributed by atoms with Crippen LogP contribution in [-0.2, 0) is 48.2 Å². The van der Waals surface area contributed by atoms with Gasteiger partial charge < -0.3 is 9.64 Å². The van der Waals surface area contributed by atoms with E-state index in [1.807, 2.05) is 0 Å². The van der Waals surface area contributed by atoms with Gasteiger partial charge in [0.15, 0.2) is 0 Å². The van der Waals surface area contributed by atoms with Gasteiger partial charge in [0.25, 0.3) is 10.1 Å². The van der Waals surface area contributed by atoms with Crippen LogP contribution in [0.25, 0.3) is 0 Å². The highest BCUT2D eigenvalue weighted by Crippen LogP contribution is 2.43. The molecule has 232 valence electrons. The van der Waals surface area contributed by atoms with Crippen molar-refractivity contribution < 1.29 is 48.5 Å². The molecule has 0 N–H and O–H groups in total. The van der Waals surface area contributed by atoms with Crippen LogP contribution in [0.2, 0.25) is 10.0 Å². The van der Waals surface area contributed by atoms with Gasteiger partial charge in [-0.15, -0.1) is 0 Å². The number of ether oxygens (including phenoxy) is 1. The van der Waals surface area contributed by atoms with Crippen LogP contribution in [0, 0.1) is 0 Å². The number of rotatable bonds is 7. The van der Waals surface area contributed by atoms with Gasteiger partial charge in [-0.2, -0.15) is 34.8 Å². The van der Waals surface area contributed by atoms with E-state index in [1.54, 1.807) is 0 Å². The lowest BCUT2D eigenvalue weighted by atomic mass is 9.84. The number of morpholine rings is 1. The van der Waals surface area contributed by atoms with E-state index in [1.165, 1.54) is 54.3 Å². The second-order valence-electron chi connectivity index (χ2n) is 9.57. The van der Waals surface area contributed by atoms with Crippen molar-refractivity contribution in [2.45, 2.75) is 36.2 Å². The van der Waals surface area contributed by atoms with Crippen LogP contribution >= 0.6 is 23.2 Å². The average Bonchev–Trinajstić information content (AvgIpc) is 2.93. The zero-order chi connectivity index (χ0) is 31.8. The number of carbonyl (C=O) groups excluding carboxylic acids is 1. The van der Waals surface area contributed by atoms with Crippen molar-refractivity contribution in [3.05, 3.63) is 98.5 Å². The molecule has 0 radical (unpaired) electrons. The van der Waals surface area contributed by atoms with Crippen LogP contribution in [-0.4, -0.2) is 45.5 Å². The summed E-state index contributed by atoms with van der Waals surface area (Å²) in [7, 11) is -4.33. The minimum atomic E-state index is -5.09. The third-order valence-electron chi connectivity index (χ3n) is 6.73. The molecule has 1 saturated heterocycles. The molecule has 3 aromatic rings. The molecule has 0 aromatic heterocycles. The summed E-state index contributed by atoms with van der Waals surface area (Å²) in [6.45, 7) is 0.662. The summed E-state index contributed by atoms with van der Waals surface area (Å²) in [5, 5.41) is 0.254. The fourth-order valence-corrected chi connectivity index (χ4v) is 6.30. The first-order valence-corrected chi connectivity index (χ1v) is 14.8. The van der Waals surface area contributed by atoms with Crippen molar-refractivity contribution >= 4 is 39.2 Å². The van der Waals surface area contributed by atoms with E-state index in [4.69, 9.17) is 32.1 Å². The summed E-state index contributed by atoms with van der Waals surface area (Å²) >= 11 is 12.4. The first-order valence-electron chi connectivity index (χ1n) is 12.6. The van der Waals surface area contributed by atoms with Crippen molar-refractivity contribution in [3.63, 3.8) is 0 Å². The topological polar surface area (TPSA) is 72.9 Å². The van der Waals surface area contributed by atoms with Crippen LogP contribution in [0.5, 0.6) is 0 Å². The molecule has 15 heteroatoms. The minimum absolute atomic E-state index is 0.0201. The number of amides is 1. The molecule has 1 amide bonds. The third-order valence-corrected chi connectivity index (χ3v) is 8.91. The minimum Gasteiger partial charge on any atom is -0.362 e. The van der Waals surface area contributed by atoms with Gasteiger partial charge in [-0.05, 0) is 54.4 Å². The maximum absolute atomic E-state index is 13.5. The number of alkyl halides is 6. The van der Waals surface area contributed by atoms with Gasteiger partial charge in [-0.3, -0.25) is 8.98 Å². The van der Waals surface area contributed by atoms with Gasteiger partial charge in [0.1, 0.15) is 10.5 Å². The first-order chi connectivity index (χ1) is 20.0. The normalized spacial score (nSPS) is 18.1. The second-order valence-corrected chi connectivity index (χ2v) is 12.0. The Labute approximate surface area is 253 Å². The molecule has 43 heavy (non-hydrogen) atoms. The molecule has 1 fully saturated rings. The number of nitrogens with zero attached hydrogens (tertiary/aromatic N) is 1. The summed E-state index contributed by atoms with van der Waals surface area (Å²) in [6, 6.07) is 11.0. The number of benzene rings is 3. The van der Waals surface area contributed by atoms with Crippen LogP contribution in [0.4, 0.5) is 26.3 Å². The zero-order valence-electron chi connectivity index (χ0n) is 22.2. The summed E-state index contributed by atoms with van der Waals surface area (Å²) in [6.07, 6.45) is -11.0. The number of hydrogen-bond donors (Lipinski definition) is 0. The summed E-state index contributed by atoms with van der Waals surface area (Å²) in [5.74, 6) is -0.815. The average molecular weight is 670 g/mol. The molecular formula is C28H23Cl2F6NO5S. The lowest BCUT2D eigenvalue weighted by Gasteiger charge is -2.44. The van der Waals surface area contributed by atoms with Crippen molar-refractivity contribution in [1.29, 1.82) is 0 Å². The fraction of sp³-hybridized carbons (Fsp3) is 0.321. The fourth-order valence-electron chi connectivity index (χ4n) is 4.82. The number of hydrogen-bond acceptors (Lipinski definition) is 5. The van der Waals surface area contributed by atoms with E-state index in [0.29, 0.717) is 12.1 Å². The van der Waals surface area contributed by atoms with Crippen molar-refractivity contribution in [3.8, 4) is 0 Å². The predicted octanol–water partition coefficient (Wildman–Crippen LogP) is 7.10. The molecule has 1 atom stereocenters. The Kier molecular flexibility index (Phi) is 9.44. The van der Waals surface area contributed by atoms with Crippen LogP contribution in [0.3, 0.4) is 0 Å². The van der Waals surface area contributed by atoms with Gasteiger partial charge in [0.2, 0.25) is 5.91 Å². The molecule has 0 unspecified atom stereocenters. The standard InChI is InChI=1S/C28H23Cl2F6NO5S/c1-2-42-43(39,40)24-6-4-3-5-21(24)26(18-7-8-22(29)23(30)15-18)16-37(9-10-41-26)25(38)13-17-11-19(27(31,32)33)14-20(12-17)28(34,35)36/h3-8,11-12,14-15H,2,9-10,13,16H2,1H3/t26-/m1/s1. The summed E-state index contributed by atoms with van der Waals surface area (Å²) in [5.41, 5.74) is -4.94. The zero-order valence-corrected chi connectivity index (χ0v) is 24.6. The highest BCUT2D eigenvalue weighted by atomic mass is 35.5. The lowest BCUT2D eigenvalue weighted by Crippen LogP contribution is -2.53. The Bertz CT molecular complexity index is 1600. The first kappa shape index (κ1) is 33.1. The van der Waals surface area contributed by atoms with Gasteiger partial charge >= 0.3 is 12.4 Å². The van der Waals surface area contributed by atoms with E-state index in [0.717, 1.165) is 0 Å². The Morgan fingerprint density at radius 2 is 1.58 bits per heavy atom. The quantitative estimate of drug-likeness (QED) is 0.198. The van der Waals surface area contributed by atoms with Crippen molar-refractivity contribution in [2.24, 2.45) is 0 Å². The van der Waals surface area contributed by atoms with Crippen molar-refractivity contribution in [2.75, 3.05) is 26.3 Å².